The second kappa shape index (κ2) is 11.5. The van der Waals surface area contributed by atoms with Crippen LogP contribution in [0.25, 0.3) is 0 Å². The van der Waals surface area contributed by atoms with Gasteiger partial charge in [-0.1, -0.05) is 35.9 Å². The Morgan fingerprint density at radius 3 is 2.40 bits per heavy atom. The van der Waals surface area contributed by atoms with Crippen molar-refractivity contribution in [3.8, 4) is 6.07 Å². The molecule has 3 rings (SSSR count). The van der Waals surface area contributed by atoms with Crippen LogP contribution in [0.5, 0.6) is 0 Å². The molecule has 1 saturated heterocycles. The predicted molar refractivity (Wildman–Crippen MR) is 119 cm³/mol. The van der Waals surface area contributed by atoms with E-state index < -0.39 is 6.10 Å². The molecular formula is C24H30ClN3O2. The lowest BCUT2D eigenvalue weighted by Crippen LogP contribution is -2.37. The smallest absolute Gasteiger partial charge is 0.0991 e. The van der Waals surface area contributed by atoms with Gasteiger partial charge in [-0.3, -0.25) is 9.80 Å². The number of aliphatic hydroxyl groups is 1. The minimum Gasteiger partial charge on any atom is -0.389 e. The second-order valence-corrected chi connectivity index (χ2v) is 8.36. The number of β-amino-alcohol motifs (C(OH)–C–C–N with tert-alkyl or cyclic N) is 1. The molecule has 0 aromatic heterocycles. The lowest BCUT2D eigenvalue weighted by molar-refractivity contribution is -0.0152. The Balaban J connectivity index is 1.40. The van der Waals surface area contributed by atoms with Crippen molar-refractivity contribution in [3.63, 3.8) is 0 Å². The average Bonchev–Trinajstić information content (AvgIpc) is 2.98. The summed E-state index contributed by atoms with van der Waals surface area (Å²) in [4.78, 5) is 4.76. The maximum absolute atomic E-state index is 10.5. The van der Waals surface area contributed by atoms with E-state index in [-0.39, 0.29) is 6.10 Å². The fourth-order valence-corrected chi connectivity index (χ4v) is 3.87. The van der Waals surface area contributed by atoms with Crippen molar-refractivity contribution in [2.24, 2.45) is 0 Å². The molecule has 0 saturated carbocycles. The number of halogens is 1. The largest absolute Gasteiger partial charge is 0.389 e. The molecule has 2 atom stereocenters. The number of rotatable bonds is 8. The quantitative estimate of drug-likeness (QED) is 0.693. The molecule has 1 fully saturated rings. The Kier molecular flexibility index (Phi) is 8.68. The molecule has 6 heteroatoms. The normalized spacial score (nSPS) is 17.8. The highest BCUT2D eigenvalue weighted by Crippen LogP contribution is 2.19. The molecule has 1 N–H and O–H groups in total. The molecule has 160 valence electrons. The first-order valence-electron chi connectivity index (χ1n) is 10.5. The fourth-order valence-electron chi connectivity index (χ4n) is 3.74. The van der Waals surface area contributed by atoms with Crippen molar-refractivity contribution in [2.75, 3.05) is 39.3 Å². The van der Waals surface area contributed by atoms with Gasteiger partial charge in [0.1, 0.15) is 0 Å². The van der Waals surface area contributed by atoms with Crippen LogP contribution in [-0.4, -0.2) is 60.3 Å². The Bertz CT molecular complexity index is 820. The summed E-state index contributed by atoms with van der Waals surface area (Å²) in [5, 5.41) is 20.1. The van der Waals surface area contributed by atoms with Gasteiger partial charge in [0, 0.05) is 31.2 Å². The molecule has 0 aliphatic carbocycles. The molecule has 2 aromatic rings. The van der Waals surface area contributed by atoms with Gasteiger partial charge in [-0.05, 0) is 61.8 Å². The van der Waals surface area contributed by atoms with Crippen LogP contribution in [0.2, 0.25) is 5.02 Å². The third-order valence-corrected chi connectivity index (χ3v) is 5.77. The van der Waals surface area contributed by atoms with Crippen LogP contribution in [0.15, 0.2) is 48.5 Å². The van der Waals surface area contributed by atoms with Gasteiger partial charge in [0.2, 0.25) is 0 Å². The molecule has 1 aliphatic rings. The topological polar surface area (TPSA) is 59.7 Å². The van der Waals surface area contributed by atoms with Crippen LogP contribution in [0.3, 0.4) is 0 Å². The first-order chi connectivity index (χ1) is 14.5. The standard InChI is InChI=1S/C24H30ClN3O2/c1-19(22-7-9-23(25)10-8-22)30-18-24(29)17-28-12-2-11-27(13-14-28)16-21-5-3-20(15-26)4-6-21/h3-10,19,24,29H,2,11-14,16-18H2,1H3. The number of aliphatic hydroxyl groups excluding tert-OH is 1. The Morgan fingerprint density at radius 1 is 1.03 bits per heavy atom. The van der Waals surface area contributed by atoms with E-state index in [2.05, 4.69) is 15.9 Å². The summed E-state index contributed by atoms with van der Waals surface area (Å²) in [7, 11) is 0. The third-order valence-electron chi connectivity index (χ3n) is 5.52. The average molecular weight is 428 g/mol. The zero-order valence-corrected chi connectivity index (χ0v) is 18.3. The van der Waals surface area contributed by atoms with Crippen molar-refractivity contribution < 1.29 is 9.84 Å². The van der Waals surface area contributed by atoms with Crippen LogP contribution in [0.4, 0.5) is 0 Å². The van der Waals surface area contributed by atoms with Gasteiger partial charge in [0.05, 0.1) is 30.4 Å². The maximum atomic E-state index is 10.5. The number of nitriles is 1. The van der Waals surface area contributed by atoms with Crippen molar-refractivity contribution in [2.45, 2.75) is 32.1 Å². The van der Waals surface area contributed by atoms with Crippen molar-refractivity contribution in [3.05, 3.63) is 70.2 Å². The van der Waals surface area contributed by atoms with Gasteiger partial charge in [-0.25, -0.2) is 0 Å². The van der Waals surface area contributed by atoms with E-state index >= 15 is 0 Å². The Labute approximate surface area is 184 Å². The monoisotopic (exact) mass is 427 g/mol. The van der Waals surface area contributed by atoms with Gasteiger partial charge in [-0.15, -0.1) is 0 Å². The van der Waals surface area contributed by atoms with E-state index in [0.29, 0.717) is 23.7 Å². The summed E-state index contributed by atoms with van der Waals surface area (Å²) in [6.45, 7) is 7.74. The summed E-state index contributed by atoms with van der Waals surface area (Å²) in [6, 6.07) is 17.6. The molecule has 5 nitrogen and oxygen atoms in total. The summed E-state index contributed by atoms with van der Waals surface area (Å²) in [5.41, 5.74) is 2.98. The van der Waals surface area contributed by atoms with Crippen LogP contribution in [0, 0.1) is 11.3 Å². The number of hydrogen-bond acceptors (Lipinski definition) is 5. The SMILES string of the molecule is CC(OCC(O)CN1CCCN(Cc2ccc(C#N)cc2)CC1)c1ccc(Cl)cc1. The number of benzene rings is 2. The molecule has 0 spiro atoms. The highest BCUT2D eigenvalue weighted by Gasteiger charge is 2.18. The van der Waals surface area contributed by atoms with E-state index in [1.807, 2.05) is 55.5 Å². The number of nitrogens with zero attached hydrogens (tertiary/aromatic N) is 3. The Morgan fingerprint density at radius 2 is 1.70 bits per heavy atom. The third kappa shape index (κ3) is 7.09. The summed E-state index contributed by atoms with van der Waals surface area (Å²) in [6.07, 6.45) is 0.485. The molecule has 1 heterocycles. The lowest BCUT2D eigenvalue weighted by Gasteiger charge is -2.25. The summed E-state index contributed by atoms with van der Waals surface area (Å²) < 4.78 is 5.87. The summed E-state index contributed by atoms with van der Waals surface area (Å²) >= 11 is 5.93. The molecular weight excluding hydrogens is 398 g/mol. The fraction of sp³-hybridized carbons (Fsp3) is 0.458. The molecule has 0 bridgehead atoms. The van der Waals surface area contributed by atoms with Gasteiger partial charge in [0.25, 0.3) is 0 Å². The molecule has 2 aromatic carbocycles. The van der Waals surface area contributed by atoms with Crippen molar-refractivity contribution in [1.29, 1.82) is 5.26 Å². The zero-order chi connectivity index (χ0) is 21.3. The van der Waals surface area contributed by atoms with Gasteiger partial charge in [-0.2, -0.15) is 5.26 Å². The minimum absolute atomic E-state index is 0.0797. The van der Waals surface area contributed by atoms with Gasteiger partial charge in [0.15, 0.2) is 0 Å². The van der Waals surface area contributed by atoms with Crippen LogP contribution in [0.1, 0.15) is 36.1 Å². The first-order valence-corrected chi connectivity index (χ1v) is 10.9. The van der Waals surface area contributed by atoms with Crippen molar-refractivity contribution >= 4 is 11.6 Å². The van der Waals surface area contributed by atoms with Crippen molar-refractivity contribution in [1.82, 2.24) is 9.80 Å². The van der Waals surface area contributed by atoms with Gasteiger partial charge >= 0.3 is 0 Å². The lowest BCUT2D eigenvalue weighted by atomic mass is 10.1. The van der Waals surface area contributed by atoms with E-state index in [0.717, 1.165) is 44.7 Å². The maximum Gasteiger partial charge on any atom is 0.0991 e. The van der Waals surface area contributed by atoms with Crippen LogP contribution < -0.4 is 0 Å². The zero-order valence-electron chi connectivity index (χ0n) is 17.5. The van der Waals surface area contributed by atoms with E-state index in [1.165, 1.54) is 5.56 Å². The molecule has 0 radical (unpaired) electrons. The molecule has 2 unspecified atom stereocenters. The molecule has 0 amide bonds. The second-order valence-electron chi connectivity index (χ2n) is 7.92. The predicted octanol–water partition coefficient (Wildman–Crippen LogP) is 3.86. The van der Waals surface area contributed by atoms with Gasteiger partial charge < -0.3 is 9.84 Å². The molecule has 1 aliphatic heterocycles. The van der Waals surface area contributed by atoms with Crippen LogP contribution in [-0.2, 0) is 11.3 Å². The highest BCUT2D eigenvalue weighted by molar-refractivity contribution is 6.30. The minimum atomic E-state index is -0.509. The summed E-state index contributed by atoms with van der Waals surface area (Å²) in [5.74, 6) is 0. The Hall–Kier alpha value is -1.94. The number of ether oxygens (including phenoxy) is 1. The number of hydrogen-bond donors (Lipinski definition) is 1. The van der Waals surface area contributed by atoms with E-state index in [1.54, 1.807) is 0 Å². The van der Waals surface area contributed by atoms with E-state index in [9.17, 15) is 5.11 Å². The molecule has 30 heavy (non-hydrogen) atoms. The van der Waals surface area contributed by atoms with E-state index in [4.69, 9.17) is 21.6 Å². The van der Waals surface area contributed by atoms with Crippen LogP contribution >= 0.6 is 11.6 Å². The highest BCUT2D eigenvalue weighted by atomic mass is 35.5. The first kappa shape index (κ1) is 22.7.